The van der Waals surface area contributed by atoms with Crippen LogP contribution in [0.3, 0.4) is 0 Å². The zero-order valence-electron chi connectivity index (χ0n) is 8.53. The molecule has 0 heterocycles. The Labute approximate surface area is 92.4 Å². The lowest BCUT2D eigenvalue weighted by molar-refractivity contribution is 0.863. The molecule has 0 saturated carbocycles. The molecule has 1 nitrogen and oxygen atoms in total. The molecule has 3 heteroatoms. The van der Waals surface area contributed by atoms with Gasteiger partial charge in [0.1, 0.15) is 0 Å². The van der Waals surface area contributed by atoms with Crippen LogP contribution >= 0.6 is 21.0 Å². The highest BCUT2D eigenvalue weighted by Gasteiger charge is 2.03. The fourth-order valence-corrected chi connectivity index (χ4v) is 1.99. The first kappa shape index (κ1) is 11.6. The highest BCUT2D eigenvalue weighted by atomic mass is 32.2. The van der Waals surface area contributed by atoms with Crippen LogP contribution in [0.5, 0.6) is 0 Å². The summed E-state index contributed by atoms with van der Waals surface area (Å²) in [4.78, 5) is 1.13. The number of nitrogen functional groups attached to an aromatic ring is 1. The zero-order chi connectivity index (χ0) is 10.6. The van der Waals surface area contributed by atoms with Crippen molar-refractivity contribution in [3.05, 3.63) is 35.0 Å². The van der Waals surface area contributed by atoms with Gasteiger partial charge >= 0.3 is 0 Å². The van der Waals surface area contributed by atoms with Gasteiger partial charge in [-0.25, -0.2) is 0 Å². The van der Waals surface area contributed by atoms with E-state index in [0.717, 1.165) is 10.6 Å². The summed E-state index contributed by atoms with van der Waals surface area (Å²) in [5.74, 6) is 2.49. The van der Waals surface area contributed by atoms with Crippen LogP contribution in [0, 0.1) is 0 Å². The van der Waals surface area contributed by atoms with Gasteiger partial charge in [0.2, 0.25) is 0 Å². The van der Waals surface area contributed by atoms with Crippen molar-refractivity contribution in [1.29, 1.82) is 0 Å². The van der Waals surface area contributed by atoms with Crippen LogP contribution in [0.25, 0.3) is 0 Å². The normalized spacial score (nSPS) is 11.4. The van der Waals surface area contributed by atoms with E-state index >= 15 is 0 Å². The molecule has 14 heavy (non-hydrogen) atoms. The molecule has 0 bridgehead atoms. The number of hydrogen-bond donors (Lipinski definition) is 1. The van der Waals surface area contributed by atoms with Gasteiger partial charge in [0.15, 0.2) is 0 Å². The molecule has 1 atom stereocenters. The van der Waals surface area contributed by atoms with Crippen LogP contribution in [0.4, 0.5) is 5.69 Å². The van der Waals surface area contributed by atoms with Gasteiger partial charge in [0, 0.05) is 10.6 Å². The van der Waals surface area contributed by atoms with Crippen molar-refractivity contribution < 1.29 is 0 Å². The molecule has 0 aliphatic rings. The number of benzene rings is 1. The Morgan fingerprint density at radius 1 is 1.43 bits per heavy atom. The van der Waals surface area contributed by atoms with Gasteiger partial charge in [0.05, 0.1) is 0 Å². The first-order chi connectivity index (χ1) is 6.65. The number of anilines is 1. The molecule has 0 aromatic heterocycles. The second kappa shape index (κ2) is 5.43. The standard InChI is InChI=1S/C11H16NPS/c1-8(2)9-3-4-10(12)11(7-9)14-6-5-13/h3-8H,12-13H2,1-2H3/b6-5+. The monoisotopic (exact) mass is 225 g/mol. The van der Waals surface area contributed by atoms with Gasteiger partial charge in [-0.05, 0) is 29.0 Å². The Balaban J connectivity index is 2.96. The smallest absolute Gasteiger partial charge is 0.0455 e. The lowest BCUT2D eigenvalue weighted by atomic mass is 10.0. The SMILES string of the molecule is CC(C)c1ccc(N)c(S/C=C/P)c1. The molecular formula is C11H16NPS. The van der Waals surface area contributed by atoms with E-state index < -0.39 is 0 Å². The average molecular weight is 225 g/mol. The average Bonchev–Trinajstić information content (AvgIpc) is 2.16. The Hall–Kier alpha value is -0.460. The number of nitrogens with two attached hydrogens (primary N) is 1. The maximum atomic E-state index is 5.87. The quantitative estimate of drug-likeness (QED) is 0.480. The summed E-state index contributed by atoms with van der Waals surface area (Å²) in [6, 6.07) is 6.23. The van der Waals surface area contributed by atoms with Crippen molar-refractivity contribution in [2.45, 2.75) is 24.7 Å². The van der Waals surface area contributed by atoms with Crippen LogP contribution in [0.2, 0.25) is 0 Å². The fraction of sp³-hybridized carbons (Fsp3) is 0.273. The summed E-state index contributed by atoms with van der Waals surface area (Å²) in [7, 11) is 2.55. The van der Waals surface area contributed by atoms with Crippen molar-refractivity contribution in [2.24, 2.45) is 0 Å². The Morgan fingerprint density at radius 2 is 2.14 bits per heavy atom. The summed E-state index contributed by atoms with van der Waals surface area (Å²) in [5, 5.41) is 2.01. The topological polar surface area (TPSA) is 26.0 Å². The minimum atomic E-state index is 0.551. The number of hydrogen-bond acceptors (Lipinski definition) is 2. The second-order valence-corrected chi connectivity index (χ2v) is 4.73. The maximum absolute atomic E-state index is 5.87. The lowest BCUT2D eigenvalue weighted by Gasteiger charge is -2.08. The molecule has 0 spiro atoms. The van der Waals surface area contributed by atoms with E-state index in [1.165, 1.54) is 5.56 Å². The third-order valence-electron chi connectivity index (χ3n) is 1.98. The first-order valence-electron chi connectivity index (χ1n) is 4.58. The molecule has 0 radical (unpaired) electrons. The molecule has 1 unspecified atom stereocenters. The van der Waals surface area contributed by atoms with E-state index in [-0.39, 0.29) is 0 Å². The predicted molar refractivity (Wildman–Crippen MR) is 69.7 cm³/mol. The van der Waals surface area contributed by atoms with Crippen LogP contribution in [-0.2, 0) is 0 Å². The summed E-state index contributed by atoms with van der Waals surface area (Å²) >= 11 is 1.65. The molecule has 1 aromatic rings. The van der Waals surface area contributed by atoms with Crippen molar-refractivity contribution in [3.63, 3.8) is 0 Å². The molecule has 1 aromatic carbocycles. The van der Waals surface area contributed by atoms with Crippen LogP contribution < -0.4 is 5.73 Å². The van der Waals surface area contributed by atoms with E-state index in [9.17, 15) is 0 Å². The lowest BCUT2D eigenvalue weighted by Crippen LogP contribution is -1.92. The van der Waals surface area contributed by atoms with Crippen LogP contribution in [0.1, 0.15) is 25.3 Å². The van der Waals surface area contributed by atoms with Crippen molar-refractivity contribution in [1.82, 2.24) is 0 Å². The minimum absolute atomic E-state index is 0.551. The molecule has 2 N–H and O–H groups in total. The third kappa shape index (κ3) is 3.04. The summed E-state index contributed by atoms with van der Waals surface area (Å²) in [6.07, 6.45) is 0. The van der Waals surface area contributed by atoms with Crippen molar-refractivity contribution >= 4 is 26.7 Å². The zero-order valence-corrected chi connectivity index (χ0v) is 10.5. The van der Waals surface area contributed by atoms with Gasteiger partial charge in [-0.1, -0.05) is 37.5 Å². The Morgan fingerprint density at radius 3 is 2.71 bits per heavy atom. The highest BCUT2D eigenvalue weighted by molar-refractivity contribution is 8.02. The van der Waals surface area contributed by atoms with Gasteiger partial charge in [-0.3, -0.25) is 0 Å². The van der Waals surface area contributed by atoms with Crippen molar-refractivity contribution in [3.8, 4) is 0 Å². The minimum Gasteiger partial charge on any atom is -0.398 e. The fourth-order valence-electron chi connectivity index (χ4n) is 1.12. The molecule has 0 aliphatic heterocycles. The summed E-state index contributed by atoms with van der Waals surface area (Å²) in [6.45, 7) is 4.37. The highest BCUT2D eigenvalue weighted by Crippen LogP contribution is 2.29. The molecule has 1 rings (SSSR count). The van der Waals surface area contributed by atoms with E-state index in [2.05, 4.69) is 35.2 Å². The van der Waals surface area contributed by atoms with Gasteiger partial charge < -0.3 is 5.73 Å². The molecule has 76 valence electrons. The van der Waals surface area contributed by atoms with Crippen LogP contribution in [0.15, 0.2) is 34.3 Å². The molecule has 0 aliphatic carbocycles. The maximum Gasteiger partial charge on any atom is 0.0455 e. The first-order valence-corrected chi connectivity index (χ1v) is 6.12. The molecule has 0 saturated heterocycles. The van der Waals surface area contributed by atoms with Gasteiger partial charge in [-0.15, -0.1) is 9.24 Å². The largest absolute Gasteiger partial charge is 0.398 e. The second-order valence-electron chi connectivity index (χ2n) is 3.40. The van der Waals surface area contributed by atoms with Gasteiger partial charge in [-0.2, -0.15) is 0 Å². The van der Waals surface area contributed by atoms with E-state index in [1.807, 2.05) is 17.3 Å². The Kier molecular flexibility index (Phi) is 4.50. The Bertz CT molecular complexity index is 334. The summed E-state index contributed by atoms with van der Waals surface area (Å²) in [5.41, 5.74) is 8.05. The van der Waals surface area contributed by atoms with E-state index in [0.29, 0.717) is 5.92 Å². The number of thioether (sulfide) groups is 1. The van der Waals surface area contributed by atoms with E-state index in [4.69, 9.17) is 5.73 Å². The van der Waals surface area contributed by atoms with Crippen LogP contribution in [-0.4, -0.2) is 0 Å². The molecule has 0 fully saturated rings. The molecule has 0 amide bonds. The van der Waals surface area contributed by atoms with Crippen molar-refractivity contribution in [2.75, 3.05) is 5.73 Å². The third-order valence-corrected chi connectivity index (χ3v) is 3.35. The molecular weight excluding hydrogens is 209 g/mol. The number of rotatable bonds is 3. The predicted octanol–water partition coefficient (Wildman–Crippen LogP) is 3.83. The summed E-state index contributed by atoms with van der Waals surface area (Å²) < 4.78 is 0. The van der Waals surface area contributed by atoms with E-state index in [1.54, 1.807) is 11.8 Å². The van der Waals surface area contributed by atoms with Gasteiger partial charge in [0.25, 0.3) is 0 Å².